The molecule has 7 aromatic rings. The zero-order valence-electron chi connectivity index (χ0n) is 20.1. The number of aryl methyl sites for hydroxylation is 1. The summed E-state index contributed by atoms with van der Waals surface area (Å²) in [5.41, 5.74) is 5.92. The predicted molar refractivity (Wildman–Crippen MR) is 145 cm³/mol. The van der Waals surface area contributed by atoms with Gasteiger partial charge in [-0.1, -0.05) is 48.6 Å². The summed E-state index contributed by atoms with van der Waals surface area (Å²) in [5.74, 6) is 0. The molecule has 0 saturated heterocycles. The molecule has 7 rings (SSSR count). The molecule has 0 aliphatic heterocycles. The minimum Gasteiger partial charge on any atom is -1.00 e. The minimum absolute atomic E-state index is 0. The largest absolute Gasteiger partial charge is 1.00 e. The summed E-state index contributed by atoms with van der Waals surface area (Å²) in [4.78, 5) is 7.00. The molecule has 37 heavy (non-hydrogen) atoms. The number of pyridine rings is 1. The molecule has 4 aromatic carbocycles. The molecule has 3 aromatic heterocycles. The van der Waals surface area contributed by atoms with Crippen molar-refractivity contribution in [1.82, 2.24) is 0 Å². The van der Waals surface area contributed by atoms with Crippen LogP contribution >= 0.6 is 11.3 Å². The van der Waals surface area contributed by atoms with Crippen LogP contribution in [0.15, 0.2) is 91.5 Å². The maximum absolute atomic E-state index is 3.57. The van der Waals surface area contributed by atoms with Gasteiger partial charge in [0, 0.05) is 26.2 Å². The molecule has 0 amide bonds. The number of hydrogen-bond donors (Lipinski definition) is 0. The number of hydrogen-bond acceptors (Lipinski definition) is 1. The quantitative estimate of drug-likeness (QED) is 0.110. The van der Waals surface area contributed by atoms with E-state index in [1.54, 1.807) is 0 Å². The molecule has 0 unspecified atom stereocenters. The lowest BCUT2D eigenvalue weighted by Crippen LogP contribution is -3.00. The van der Waals surface area contributed by atoms with E-state index in [2.05, 4.69) is 113 Å². The standard InChI is InChI=1S/C31H22N3S.2HI/c1-2-34-18-17-32-25(19-34)22-8-4-3-7-20(22)12-13-21-14-15-27-30-28(21)31-24(10-6-16-33-31)23-9-5-11-26(35-27)29(23)30;;/h3-19H,2H2,1H3;2*1H/q+1;;/b13-12+;;. The minimum atomic E-state index is 0. The van der Waals surface area contributed by atoms with Gasteiger partial charge in [0.2, 0.25) is 24.1 Å². The molecule has 6 heteroatoms. The van der Waals surface area contributed by atoms with E-state index in [0.717, 1.165) is 12.2 Å². The topological polar surface area (TPSA) is 32.2 Å². The maximum atomic E-state index is 3.57. The van der Waals surface area contributed by atoms with Gasteiger partial charge in [0.05, 0.1) is 16.3 Å². The van der Waals surface area contributed by atoms with Gasteiger partial charge in [-0.2, -0.15) is 4.57 Å². The van der Waals surface area contributed by atoms with E-state index >= 15 is 0 Å². The van der Waals surface area contributed by atoms with Crippen molar-refractivity contribution in [1.29, 1.82) is 0 Å². The SMILES string of the molecule is CC[n+]1cc[nH+]c(-c2ccccc2/C=C/c2ccc3sc4cccc5c6ccc[nH+]c6c2c3c45)c1.[I-].[I-]. The van der Waals surface area contributed by atoms with Gasteiger partial charge in [0.1, 0.15) is 6.54 Å². The van der Waals surface area contributed by atoms with Crippen LogP contribution < -0.4 is 62.5 Å². The molecule has 0 radical (unpaired) electrons. The highest BCUT2D eigenvalue weighted by Gasteiger charge is 2.20. The van der Waals surface area contributed by atoms with E-state index < -0.39 is 0 Å². The van der Waals surface area contributed by atoms with Gasteiger partial charge in [-0.15, -0.1) is 11.3 Å². The van der Waals surface area contributed by atoms with Gasteiger partial charge >= 0.3 is 0 Å². The molecule has 0 bridgehead atoms. The van der Waals surface area contributed by atoms with Crippen LogP contribution in [-0.2, 0) is 6.54 Å². The molecule has 0 fully saturated rings. The van der Waals surface area contributed by atoms with E-state index in [1.807, 2.05) is 23.7 Å². The Labute approximate surface area is 253 Å². The highest BCUT2D eigenvalue weighted by molar-refractivity contribution is 7.26. The molecule has 0 saturated carbocycles. The van der Waals surface area contributed by atoms with E-state index in [-0.39, 0.29) is 48.0 Å². The van der Waals surface area contributed by atoms with E-state index in [1.165, 1.54) is 58.5 Å². The number of nitrogens with one attached hydrogen (secondary N) is 2. The summed E-state index contributed by atoms with van der Waals surface area (Å²) in [6.45, 7) is 3.10. The van der Waals surface area contributed by atoms with Crippen LogP contribution in [0.25, 0.3) is 65.3 Å². The molecule has 0 spiro atoms. The van der Waals surface area contributed by atoms with Gasteiger partial charge in [0.25, 0.3) is 5.69 Å². The first-order chi connectivity index (χ1) is 17.3. The number of rotatable bonds is 4. The van der Waals surface area contributed by atoms with Gasteiger partial charge in [0.15, 0.2) is 6.20 Å². The Hall–Kier alpha value is -2.69. The first-order valence-electron chi connectivity index (χ1n) is 12.0. The molecule has 0 atom stereocenters. The second-order valence-corrected chi connectivity index (χ2v) is 9.98. The summed E-state index contributed by atoms with van der Waals surface area (Å²) in [5, 5.41) is 6.64. The lowest BCUT2D eigenvalue weighted by atomic mass is 9.93. The fourth-order valence-electron chi connectivity index (χ4n) is 5.31. The average Bonchev–Trinajstić information content (AvgIpc) is 3.31. The first-order valence-corrected chi connectivity index (χ1v) is 12.8. The van der Waals surface area contributed by atoms with Crippen LogP contribution in [0.4, 0.5) is 0 Å². The third-order valence-corrected chi connectivity index (χ3v) is 8.07. The second kappa shape index (κ2) is 10.6. The Morgan fingerprint density at radius 2 is 1.54 bits per heavy atom. The van der Waals surface area contributed by atoms with Crippen molar-refractivity contribution < 1.29 is 62.5 Å². The summed E-state index contributed by atoms with van der Waals surface area (Å²) in [6, 6.07) is 24.1. The first kappa shape index (κ1) is 25.9. The molecule has 0 aliphatic rings. The van der Waals surface area contributed by atoms with Gasteiger partial charge in [-0.05, 0) is 47.7 Å². The fraction of sp³-hybridized carbons (Fsp3) is 0.0645. The highest BCUT2D eigenvalue weighted by atomic mass is 127. The lowest BCUT2D eigenvalue weighted by molar-refractivity contribution is -0.701. The van der Waals surface area contributed by atoms with Crippen molar-refractivity contribution in [2.75, 3.05) is 0 Å². The van der Waals surface area contributed by atoms with Crippen molar-refractivity contribution in [3.05, 3.63) is 103 Å². The lowest BCUT2D eigenvalue weighted by Gasteiger charge is -2.08. The average molecular weight is 724 g/mol. The van der Waals surface area contributed by atoms with Crippen molar-refractivity contribution in [3.8, 4) is 11.3 Å². The van der Waals surface area contributed by atoms with E-state index in [4.69, 9.17) is 0 Å². The Balaban J connectivity index is 0.00000140. The predicted octanol–water partition coefficient (Wildman–Crippen LogP) is 0.580. The molecule has 2 N–H and O–H groups in total. The van der Waals surface area contributed by atoms with Crippen LogP contribution in [0.3, 0.4) is 0 Å². The Morgan fingerprint density at radius 3 is 2.43 bits per heavy atom. The van der Waals surface area contributed by atoms with Gasteiger partial charge in [-0.25, -0.2) is 9.97 Å². The Bertz CT molecular complexity index is 1910. The Kier molecular flexibility index (Phi) is 7.42. The Morgan fingerprint density at radius 1 is 0.730 bits per heavy atom. The molecular formula is C31H24I2N3S+. The highest BCUT2D eigenvalue weighted by Crippen LogP contribution is 2.45. The van der Waals surface area contributed by atoms with Crippen LogP contribution in [-0.4, -0.2) is 0 Å². The number of halogens is 2. The molecule has 0 aliphatic carbocycles. The third-order valence-electron chi connectivity index (χ3n) is 6.95. The molecule has 182 valence electrons. The smallest absolute Gasteiger partial charge is 0.275 e. The molecular weight excluding hydrogens is 700 g/mol. The number of H-pyrrole nitrogens is 2. The summed E-state index contributed by atoms with van der Waals surface area (Å²) in [6.07, 6.45) is 12.8. The van der Waals surface area contributed by atoms with Crippen molar-refractivity contribution >= 4 is 65.3 Å². The van der Waals surface area contributed by atoms with Crippen LogP contribution in [0, 0.1) is 0 Å². The number of nitrogens with zero attached hydrogens (tertiary/aromatic N) is 1. The van der Waals surface area contributed by atoms with E-state index in [0.29, 0.717) is 0 Å². The van der Waals surface area contributed by atoms with Crippen molar-refractivity contribution in [3.63, 3.8) is 0 Å². The summed E-state index contributed by atoms with van der Waals surface area (Å²) >= 11 is 1.88. The van der Waals surface area contributed by atoms with Gasteiger partial charge in [-0.3, -0.25) is 0 Å². The number of fused-ring (bicyclic) bond motifs is 3. The van der Waals surface area contributed by atoms with Crippen LogP contribution in [0.5, 0.6) is 0 Å². The normalized spacial score (nSPS) is 11.5. The fourth-order valence-corrected chi connectivity index (χ4v) is 6.45. The van der Waals surface area contributed by atoms with Crippen molar-refractivity contribution in [2.45, 2.75) is 13.5 Å². The second-order valence-electron chi connectivity index (χ2n) is 8.90. The summed E-state index contributed by atoms with van der Waals surface area (Å²) < 4.78 is 4.88. The zero-order chi connectivity index (χ0) is 23.4. The molecule has 3 heterocycles. The van der Waals surface area contributed by atoms with Crippen LogP contribution in [0.2, 0.25) is 0 Å². The number of aromatic nitrogens is 3. The number of aromatic amines is 2. The molecule has 3 nitrogen and oxygen atoms in total. The van der Waals surface area contributed by atoms with E-state index in [9.17, 15) is 0 Å². The van der Waals surface area contributed by atoms with Crippen molar-refractivity contribution in [2.24, 2.45) is 0 Å². The summed E-state index contributed by atoms with van der Waals surface area (Å²) in [7, 11) is 0. The maximum Gasteiger partial charge on any atom is 0.275 e. The number of thiophene rings is 1. The van der Waals surface area contributed by atoms with Gasteiger partial charge < -0.3 is 48.0 Å². The van der Waals surface area contributed by atoms with Crippen LogP contribution in [0.1, 0.15) is 18.1 Å². The zero-order valence-corrected chi connectivity index (χ0v) is 25.3. The monoisotopic (exact) mass is 724 g/mol. The third kappa shape index (κ3) is 4.28. The number of benzene rings is 4.